The molecule has 0 aliphatic carbocycles. The number of anilines is 1. The van der Waals surface area contributed by atoms with E-state index in [1.54, 1.807) is 6.92 Å². The maximum atomic E-state index is 13.2. The molecule has 144 valence electrons. The number of ketones is 1. The number of carbonyl (C=O) groups excluding carboxylic acids is 2. The fourth-order valence-corrected chi connectivity index (χ4v) is 2.91. The highest BCUT2D eigenvalue weighted by atomic mass is 35.5. The predicted octanol–water partition coefficient (Wildman–Crippen LogP) is 3.88. The molecular weight excluding hydrogens is 387 g/mol. The SMILES string of the molecule is CC1CC(C(F)(F)F)n2nc(C(=O)OCC(=O)c3ccc(Cl)cc3)cc2N1. The van der Waals surface area contributed by atoms with Gasteiger partial charge in [-0.15, -0.1) is 0 Å². The third-order valence-electron chi connectivity index (χ3n) is 4.09. The van der Waals surface area contributed by atoms with Gasteiger partial charge in [0.05, 0.1) is 0 Å². The molecule has 0 spiro atoms. The van der Waals surface area contributed by atoms with Crippen LogP contribution in [0.15, 0.2) is 30.3 Å². The normalized spacial score (nSPS) is 19.1. The lowest BCUT2D eigenvalue weighted by Gasteiger charge is -2.31. The second kappa shape index (κ2) is 7.22. The molecule has 2 aromatic rings. The second-order valence-corrected chi connectivity index (χ2v) is 6.64. The zero-order valence-electron chi connectivity index (χ0n) is 14.1. The summed E-state index contributed by atoms with van der Waals surface area (Å²) in [5.41, 5.74) is -0.00582. The molecule has 0 bridgehead atoms. The Bertz CT molecular complexity index is 865. The number of nitrogens with zero attached hydrogens (tertiary/aromatic N) is 2. The van der Waals surface area contributed by atoms with Crippen molar-refractivity contribution in [1.82, 2.24) is 9.78 Å². The number of Topliss-reactive ketones (excluding diaryl/α,β-unsaturated/α-hetero) is 1. The van der Waals surface area contributed by atoms with E-state index in [1.165, 1.54) is 30.3 Å². The minimum absolute atomic E-state index is 0.0760. The zero-order chi connectivity index (χ0) is 19.8. The molecule has 3 rings (SSSR count). The molecule has 0 fully saturated rings. The van der Waals surface area contributed by atoms with E-state index >= 15 is 0 Å². The van der Waals surface area contributed by atoms with E-state index in [0.29, 0.717) is 10.6 Å². The molecule has 2 heterocycles. The minimum atomic E-state index is -4.50. The van der Waals surface area contributed by atoms with Crippen LogP contribution in [-0.2, 0) is 4.74 Å². The van der Waals surface area contributed by atoms with Gasteiger partial charge in [0.15, 0.2) is 24.1 Å². The summed E-state index contributed by atoms with van der Waals surface area (Å²) < 4.78 is 45.3. The summed E-state index contributed by atoms with van der Waals surface area (Å²) in [5.74, 6) is -1.37. The first-order chi connectivity index (χ1) is 12.6. The Balaban J connectivity index is 1.71. The van der Waals surface area contributed by atoms with Crippen molar-refractivity contribution in [3.05, 3.63) is 46.6 Å². The molecule has 6 nitrogen and oxygen atoms in total. The van der Waals surface area contributed by atoms with Crippen LogP contribution in [0.5, 0.6) is 0 Å². The number of rotatable bonds is 4. The van der Waals surface area contributed by atoms with Crippen molar-refractivity contribution in [2.45, 2.75) is 31.6 Å². The van der Waals surface area contributed by atoms with Gasteiger partial charge in [0, 0.05) is 22.7 Å². The van der Waals surface area contributed by atoms with Gasteiger partial charge in [-0.05, 0) is 37.6 Å². The van der Waals surface area contributed by atoms with Crippen molar-refractivity contribution in [3.63, 3.8) is 0 Å². The van der Waals surface area contributed by atoms with Crippen LogP contribution in [0.3, 0.4) is 0 Å². The maximum Gasteiger partial charge on any atom is 0.410 e. The molecule has 0 radical (unpaired) electrons. The van der Waals surface area contributed by atoms with E-state index < -0.39 is 36.6 Å². The van der Waals surface area contributed by atoms with Crippen LogP contribution in [0.2, 0.25) is 5.02 Å². The van der Waals surface area contributed by atoms with E-state index in [1.807, 2.05) is 0 Å². The van der Waals surface area contributed by atoms with Crippen molar-refractivity contribution in [2.24, 2.45) is 0 Å². The number of hydrogen-bond donors (Lipinski definition) is 1. The molecule has 0 amide bonds. The molecule has 1 aromatic heterocycles. The van der Waals surface area contributed by atoms with Gasteiger partial charge in [0.1, 0.15) is 5.82 Å². The Morgan fingerprint density at radius 1 is 1.33 bits per heavy atom. The Labute approximate surface area is 157 Å². The summed E-state index contributed by atoms with van der Waals surface area (Å²) in [6.07, 6.45) is -4.70. The number of aromatic nitrogens is 2. The molecule has 1 aromatic carbocycles. The van der Waals surface area contributed by atoms with E-state index in [4.69, 9.17) is 16.3 Å². The molecule has 27 heavy (non-hydrogen) atoms. The summed E-state index contributed by atoms with van der Waals surface area (Å²) in [6, 6.07) is 4.91. The van der Waals surface area contributed by atoms with Crippen molar-refractivity contribution >= 4 is 29.2 Å². The summed E-state index contributed by atoms with van der Waals surface area (Å²) in [4.78, 5) is 24.1. The highest BCUT2D eigenvalue weighted by molar-refractivity contribution is 6.30. The Morgan fingerprint density at radius 3 is 2.63 bits per heavy atom. The predicted molar refractivity (Wildman–Crippen MR) is 91.1 cm³/mol. The fourth-order valence-electron chi connectivity index (χ4n) is 2.78. The quantitative estimate of drug-likeness (QED) is 0.621. The van der Waals surface area contributed by atoms with E-state index in [0.717, 1.165) is 4.68 Å². The number of ether oxygens (including phenoxy) is 1. The van der Waals surface area contributed by atoms with Gasteiger partial charge in [-0.1, -0.05) is 11.6 Å². The molecule has 2 unspecified atom stereocenters. The first kappa shape index (κ1) is 19.2. The number of alkyl halides is 3. The second-order valence-electron chi connectivity index (χ2n) is 6.20. The van der Waals surface area contributed by atoms with E-state index in [-0.39, 0.29) is 17.9 Å². The van der Waals surface area contributed by atoms with Gasteiger partial charge in [0.25, 0.3) is 0 Å². The number of halogens is 4. The molecule has 10 heteroatoms. The molecular formula is C17H15ClF3N3O3. The molecule has 1 aliphatic heterocycles. The summed E-state index contributed by atoms with van der Waals surface area (Å²) >= 11 is 5.73. The third kappa shape index (κ3) is 4.24. The van der Waals surface area contributed by atoms with Crippen LogP contribution in [-0.4, -0.2) is 40.4 Å². The number of benzene rings is 1. The smallest absolute Gasteiger partial charge is 0.410 e. The largest absolute Gasteiger partial charge is 0.453 e. The first-order valence-corrected chi connectivity index (χ1v) is 8.41. The highest BCUT2D eigenvalue weighted by Gasteiger charge is 2.45. The lowest BCUT2D eigenvalue weighted by atomic mass is 10.1. The average Bonchev–Trinajstić information content (AvgIpc) is 3.02. The number of hydrogen-bond acceptors (Lipinski definition) is 5. The van der Waals surface area contributed by atoms with Gasteiger partial charge in [-0.2, -0.15) is 18.3 Å². The van der Waals surface area contributed by atoms with E-state index in [9.17, 15) is 22.8 Å². The van der Waals surface area contributed by atoms with Crippen LogP contribution in [0, 0.1) is 0 Å². The number of fused-ring (bicyclic) bond motifs is 1. The molecule has 1 aliphatic rings. The monoisotopic (exact) mass is 401 g/mol. The van der Waals surface area contributed by atoms with Gasteiger partial charge in [0.2, 0.25) is 0 Å². The topological polar surface area (TPSA) is 73.2 Å². The number of nitrogens with one attached hydrogen (secondary N) is 1. The van der Waals surface area contributed by atoms with Crippen LogP contribution < -0.4 is 5.32 Å². The molecule has 1 N–H and O–H groups in total. The number of esters is 1. The fraction of sp³-hybridized carbons (Fsp3) is 0.353. The van der Waals surface area contributed by atoms with Crippen LogP contribution >= 0.6 is 11.6 Å². The van der Waals surface area contributed by atoms with E-state index in [2.05, 4.69) is 10.4 Å². The minimum Gasteiger partial charge on any atom is -0.453 e. The Hall–Kier alpha value is -2.55. The third-order valence-corrected chi connectivity index (χ3v) is 4.34. The van der Waals surface area contributed by atoms with Gasteiger partial charge in [-0.25, -0.2) is 9.48 Å². The maximum absolute atomic E-state index is 13.2. The molecule has 2 atom stereocenters. The van der Waals surface area contributed by atoms with Gasteiger partial charge >= 0.3 is 12.1 Å². The van der Waals surface area contributed by atoms with Gasteiger partial charge < -0.3 is 10.1 Å². The van der Waals surface area contributed by atoms with Crippen molar-refractivity contribution in [1.29, 1.82) is 0 Å². The first-order valence-electron chi connectivity index (χ1n) is 8.04. The average molecular weight is 402 g/mol. The summed E-state index contributed by atoms with van der Waals surface area (Å²) in [5, 5.41) is 7.02. The van der Waals surface area contributed by atoms with Crippen molar-refractivity contribution in [2.75, 3.05) is 11.9 Å². The molecule has 0 saturated heterocycles. The standard InChI is InChI=1S/C17H15ClF3N3O3/c1-9-6-14(17(19,20)21)24-15(22-9)7-12(23-24)16(26)27-8-13(25)10-2-4-11(18)5-3-10/h2-5,7,9,14,22H,6,8H2,1H3. The number of carbonyl (C=O) groups is 2. The Morgan fingerprint density at radius 2 is 2.00 bits per heavy atom. The lowest BCUT2D eigenvalue weighted by Crippen LogP contribution is -2.37. The van der Waals surface area contributed by atoms with Crippen LogP contribution in [0.4, 0.5) is 19.0 Å². The summed E-state index contributed by atoms with van der Waals surface area (Å²) in [7, 11) is 0. The molecule has 0 saturated carbocycles. The zero-order valence-corrected chi connectivity index (χ0v) is 14.8. The van der Waals surface area contributed by atoms with Crippen LogP contribution in [0.1, 0.15) is 40.2 Å². The highest BCUT2D eigenvalue weighted by Crippen LogP contribution is 2.39. The summed E-state index contributed by atoms with van der Waals surface area (Å²) in [6.45, 7) is 1.05. The van der Waals surface area contributed by atoms with Crippen LogP contribution in [0.25, 0.3) is 0 Å². The van der Waals surface area contributed by atoms with Gasteiger partial charge in [-0.3, -0.25) is 4.79 Å². The Kier molecular flexibility index (Phi) is 5.14. The van der Waals surface area contributed by atoms with Crippen molar-refractivity contribution in [3.8, 4) is 0 Å². The lowest BCUT2D eigenvalue weighted by molar-refractivity contribution is -0.173. The van der Waals surface area contributed by atoms with Crippen molar-refractivity contribution < 1.29 is 27.5 Å².